The lowest BCUT2D eigenvalue weighted by Gasteiger charge is -2.30. The molecule has 0 amide bonds. The number of rotatable bonds is 7. The Bertz CT molecular complexity index is 1100. The second-order valence-corrected chi connectivity index (χ2v) is 8.56. The molecule has 0 saturated carbocycles. The number of H-pyrrole nitrogens is 1. The monoisotopic (exact) mass is 472 g/mol. The first kappa shape index (κ1) is 24.1. The topological polar surface area (TPSA) is 99.6 Å². The molecule has 1 N–H and O–H groups in total. The van der Waals surface area contributed by atoms with E-state index in [-0.39, 0.29) is 23.1 Å². The fourth-order valence-electron chi connectivity index (χ4n) is 3.40. The Balaban J connectivity index is 1.90. The van der Waals surface area contributed by atoms with Crippen LogP contribution < -0.4 is 11.2 Å². The standard InChI is InChI=1S/C21H23ClF2N2O6/c1-12(2)10-30-17-20(3,23)18(26-8-7-15(27)25-19(26)29)32-21(17,24)11-31-16(28)13-5-4-6-14(22)9-13/h4-9,12,17-18H,10-11H2,1-3H3,(H,25,27,29)/t17-,18+,20+,21+/m0/s1. The normalized spacial score (nSPS) is 27.6. The van der Waals surface area contributed by atoms with Gasteiger partial charge in [0.05, 0.1) is 5.56 Å². The van der Waals surface area contributed by atoms with E-state index in [1.54, 1.807) is 19.9 Å². The molecule has 1 aliphatic heterocycles. The van der Waals surface area contributed by atoms with Gasteiger partial charge in [-0.3, -0.25) is 14.3 Å². The minimum absolute atomic E-state index is 0.0192. The molecular formula is C21H23ClF2N2O6. The third-order valence-electron chi connectivity index (χ3n) is 4.86. The number of hydrogen-bond acceptors (Lipinski definition) is 6. The molecule has 1 aromatic heterocycles. The van der Waals surface area contributed by atoms with Gasteiger partial charge in [-0.25, -0.2) is 18.4 Å². The van der Waals surface area contributed by atoms with Crippen LogP contribution in [0.1, 0.15) is 37.4 Å². The predicted octanol–water partition coefficient (Wildman–Crippen LogP) is 3.01. The zero-order valence-electron chi connectivity index (χ0n) is 17.6. The van der Waals surface area contributed by atoms with Gasteiger partial charge in [0.25, 0.3) is 11.4 Å². The van der Waals surface area contributed by atoms with Crippen LogP contribution in [0.25, 0.3) is 0 Å². The first-order valence-electron chi connectivity index (χ1n) is 9.85. The van der Waals surface area contributed by atoms with E-state index in [1.807, 2.05) is 4.98 Å². The Labute approximate surface area is 187 Å². The van der Waals surface area contributed by atoms with Gasteiger partial charge in [-0.05, 0) is 31.0 Å². The number of aromatic amines is 1. The van der Waals surface area contributed by atoms with E-state index in [0.717, 1.165) is 19.2 Å². The van der Waals surface area contributed by atoms with Crippen molar-refractivity contribution in [2.75, 3.05) is 13.2 Å². The fourth-order valence-corrected chi connectivity index (χ4v) is 3.59. The highest BCUT2D eigenvalue weighted by molar-refractivity contribution is 6.30. The minimum atomic E-state index is -2.92. The number of aromatic nitrogens is 2. The van der Waals surface area contributed by atoms with Gasteiger partial charge >= 0.3 is 11.7 Å². The van der Waals surface area contributed by atoms with Crippen LogP contribution in [0.2, 0.25) is 5.02 Å². The highest BCUT2D eigenvalue weighted by atomic mass is 35.5. The van der Waals surface area contributed by atoms with E-state index < -0.39 is 47.7 Å². The first-order chi connectivity index (χ1) is 14.9. The summed E-state index contributed by atoms with van der Waals surface area (Å²) in [7, 11) is 0. The third-order valence-corrected chi connectivity index (χ3v) is 5.09. The van der Waals surface area contributed by atoms with E-state index in [4.69, 9.17) is 25.8 Å². The smallest absolute Gasteiger partial charge is 0.338 e. The second kappa shape index (κ2) is 9.13. The summed E-state index contributed by atoms with van der Waals surface area (Å²) in [6.45, 7) is 3.56. The van der Waals surface area contributed by atoms with Crippen LogP contribution in [-0.2, 0) is 14.2 Å². The number of benzene rings is 1. The van der Waals surface area contributed by atoms with Crippen molar-refractivity contribution < 1.29 is 27.8 Å². The minimum Gasteiger partial charge on any atom is -0.456 e. The number of carbonyl (C=O) groups excluding carboxylic acids is 1. The molecule has 1 fully saturated rings. The molecule has 0 radical (unpaired) electrons. The highest BCUT2D eigenvalue weighted by Gasteiger charge is 2.66. The summed E-state index contributed by atoms with van der Waals surface area (Å²) in [6.07, 6.45) is -2.64. The van der Waals surface area contributed by atoms with E-state index >= 15 is 8.78 Å². The zero-order chi connectivity index (χ0) is 23.7. The van der Waals surface area contributed by atoms with E-state index in [1.165, 1.54) is 18.2 Å². The summed E-state index contributed by atoms with van der Waals surface area (Å²) >= 11 is 5.85. The molecule has 4 atom stereocenters. The molecule has 1 aromatic carbocycles. The quantitative estimate of drug-likeness (QED) is 0.622. The molecule has 0 unspecified atom stereocenters. The van der Waals surface area contributed by atoms with Gasteiger partial charge in [0.1, 0.15) is 0 Å². The molecule has 0 aliphatic carbocycles. The van der Waals surface area contributed by atoms with Crippen LogP contribution in [0.5, 0.6) is 0 Å². The predicted molar refractivity (Wildman–Crippen MR) is 111 cm³/mol. The van der Waals surface area contributed by atoms with Crippen molar-refractivity contribution in [3.05, 3.63) is 68.0 Å². The lowest BCUT2D eigenvalue weighted by Crippen LogP contribution is -2.50. The number of alkyl halides is 2. The summed E-state index contributed by atoms with van der Waals surface area (Å²) < 4.78 is 48.3. The molecule has 3 rings (SSSR count). The largest absolute Gasteiger partial charge is 0.456 e. The summed E-state index contributed by atoms with van der Waals surface area (Å²) in [5, 5.41) is 0.276. The van der Waals surface area contributed by atoms with E-state index in [9.17, 15) is 14.4 Å². The second-order valence-electron chi connectivity index (χ2n) is 8.12. The summed E-state index contributed by atoms with van der Waals surface area (Å²) in [6, 6.07) is 6.79. The SMILES string of the molecule is CC(C)CO[C@H]1[C@@](C)(F)[C@H](n2ccc(=O)[nH]c2=O)O[C@]1(F)COC(=O)c1cccc(Cl)c1. The number of hydrogen-bond donors (Lipinski definition) is 1. The Morgan fingerprint density at radius 3 is 2.66 bits per heavy atom. The van der Waals surface area contributed by atoms with Crippen molar-refractivity contribution in [3.63, 3.8) is 0 Å². The molecule has 32 heavy (non-hydrogen) atoms. The fraction of sp³-hybridized carbons (Fsp3) is 0.476. The summed E-state index contributed by atoms with van der Waals surface area (Å²) in [5.74, 6) is -3.90. The zero-order valence-corrected chi connectivity index (χ0v) is 18.4. The van der Waals surface area contributed by atoms with Crippen molar-refractivity contribution in [2.24, 2.45) is 5.92 Å². The average Bonchev–Trinajstić information content (AvgIpc) is 2.90. The maximum absolute atomic E-state index is 15.9. The molecule has 174 valence electrons. The van der Waals surface area contributed by atoms with Crippen LogP contribution in [0, 0.1) is 5.92 Å². The average molecular weight is 473 g/mol. The van der Waals surface area contributed by atoms with Crippen molar-refractivity contribution >= 4 is 17.6 Å². The molecule has 0 bridgehead atoms. The first-order valence-corrected chi connectivity index (χ1v) is 10.2. The number of carbonyl (C=O) groups is 1. The van der Waals surface area contributed by atoms with Crippen LogP contribution in [0.4, 0.5) is 8.78 Å². The van der Waals surface area contributed by atoms with Crippen LogP contribution in [0.3, 0.4) is 0 Å². The van der Waals surface area contributed by atoms with Gasteiger partial charge in [0, 0.05) is 23.9 Å². The highest BCUT2D eigenvalue weighted by Crippen LogP contribution is 2.49. The van der Waals surface area contributed by atoms with Gasteiger partial charge in [0.15, 0.2) is 24.6 Å². The van der Waals surface area contributed by atoms with Crippen molar-refractivity contribution in [1.82, 2.24) is 9.55 Å². The van der Waals surface area contributed by atoms with Crippen LogP contribution >= 0.6 is 11.6 Å². The number of esters is 1. The van der Waals surface area contributed by atoms with Gasteiger partial charge in [-0.15, -0.1) is 0 Å². The van der Waals surface area contributed by atoms with E-state index in [0.29, 0.717) is 4.57 Å². The molecule has 0 spiro atoms. The molecule has 1 aliphatic rings. The molecule has 1 saturated heterocycles. The molecule has 2 aromatic rings. The number of halogens is 3. The molecular weight excluding hydrogens is 450 g/mol. The van der Waals surface area contributed by atoms with Gasteiger partial charge in [-0.1, -0.05) is 31.5 Å². The van der Waals surface area contributed by atoms with Gasteiger partial charge in [0.2, 0.25) is 0 Å². The van der Waals surface area contributed by atoms with Crippen molar-refractivity contribution in [1.29, 1.82) is 0 Å². The lowest BCUT2D eigenvalue weighted by atomic mass is 9.96. The van der Waals surface area contributed by atoms with Crippen LogP contribution in [-0.4, -0.2) is 46.4 Å². The molecule has 11 heteroatoms. The lowest BCUT2D eigenvalue weighted by molar-refractivity contribution is -0.218. The maximum atomic E-state index is 15.9. The summed E-state index contributed by atoms with van der Waals surface area (Å²) in [4.78, 5) is 37.8. The van der Waals surface area contributed by atoms with Crippen molar-refractivity contribution in [3.8, 4) is 0 Å². The number of nitrogens with one attached hydrogen (secondary N) is 1. The Hall–Kier alpha value is -2.56. The summed E-state index contributed by atoms with van der Waals surface area (Å²) in [5.41, 5.74) is -4.20. The van der Waals surface area contributed by atoms with E-state index in [2.05, 4.69) is 0 Å². The third kappa shape index (κ3) is 4.92. The van der Waals surface area contributed by atoms with Gasteiger partial charge < -0.3 is 14.2 Å². The molecule has 2 heterocycles. The maximum Gasteiger partial charge on any atom is 0.338 e. The number of ether oxygens (including phenoxy) is 3. The molecule has 8 nitrogen and oxygen atoms in total. The van der Waals surface area contributed by atoms with Crippen LogP contribution in [0.15, 0.2) is 46.1 Å². The Morgan fingerprint density at radius 2 is 2.03 bits per heavy atom. The van der Waals surface area contributed by atoms with Gasteiger partial charge in [-0.2, -0.15) is 0 Å². The van der Waals surface area contributed by atoms with Crippen molar-refractivity contribution in [2.45, 2.75) is 44.6 Å². The Kier molecular flexibility index (Phi) is 6.87. The number of nitrogens with zero attached hydrogens (tertiary/aromatic N) is 1. The Morgan fingerprint density at radius 1 is 1.31 bits per heavy atom.